The molecule has 0 saturated carbocycles. The van der Waals surface area contributed by atoms with Gasteiger partial charge in [0.1, 0.15) is 0 Å². The number of hydrogen-bond donors (Lipinski definition) is 0. The Balaban J connectivity index is 0.000000133. The summed E-state index contributed by atoms with van der Waals surface area (Å²) in [5.41, 5.74) is 2.73. The van der Waals surface area contributed by atoms with Crippen LogP contribution in [-0.4, -0.2) is 58.0 Å². The molecule has 0 aliphatic carbocycles. The van der Waals surface area contributed by atoms with Gasteiger partial charge in [-0.15, -0.1) is 0 Å². The Morgan fingerprint density at radius 3 is 0.823 bits per heavy atom. The summed E-state index contributed by atoms with van der Waals surface area (Å²) in [6.07, 6.45) is 0. The first-order valence-electron chi connectivity index (χ1n) is 20.8. The Labute approximate surface area is 390 Å². The summed E-state index contributed by atoms with van der Waals surface area (Å²) in [4.78, 5) is 2.87. The number of aryl methyl sites for hydroxylation is 4. The predicted octanol–water partition coefficient (Wildman–Crippen LogP) is 15.8. The van der Waals surface area contributed by atoms with Gasteiger partial charge in [0.2, 0.25) is 0 Å². The molecule has 62 heavy (non-hydrogen) atoms. The zero-order valence-corrected chi connectivity index (χ0v) is 42.8. The minimum absolute atomic E-state index is 0.382. The normalized spacial score (nSPS) is 12.2. The second kappa shape index (κ2) is 14.6. The van der Waals surface area contributed by atoms with Crippen molar-refractivity contribution in [1.82, 2.24) is 0 Å². The van der Waals surface area contributed by atoms with Gasteiger partial charge in [-0.05, 0) is 0 Å². The molecule has 0 atom stereocenters. The molecule has 0 aliphatic heterocycles. The van der Waals surface area contributed by atoms with Crippen LogP contribution in [0.2, 0.25) is 0 Å². The van der Waals surface area contributed by atoms with Gasteiger partial charge in [0.05, 0.1) is 0 Å². The first-order chi connectivity index (χ1) is 30.3. The van der Waals surface area contributed by atoms with E-state index in [0.717, 1.165) is 0 Å². The Morgan fingerprint density at radius 1 is 0.274 bits per heavy atom. The molecule has 0 aliphatic rings. The minimum atomic E-state index is 0.382. The molecule has 0 amide bonds. The van der Waals surface area contributed by atoms with Crippen molar-refractivity contribution in [2.24, 2.45) is 0 Å². The number of rotatable bonds is 2. The molecule has 0 nitrogen and oxygen atoms in total. The molecule has 8 aromatic carbocycles. The summed E-state index contributed by atoms with van der Waals surface area (Å²) in [6.45, 7) is 8.91. The first-order valence-corrected chi connectivity index (χ1v) is 29.5. The Morgan fingerprint density at radius 2 is 0.532 bits per heavy atom. The molecule has 0 N–H and O–H groups in total. The van der Waals surface area contributed by atoms with Gasteiger partial charge in [0.25, 0.3) is 0 Å². The van der Waals surface area contributed by atoms with Gasteiger partial charge < -0.3 is 0 Å². The van der Waals surface area contributed by atoms with Crippen molar-refractivity contribution in [2.75, 3.05) is 0 Å². The van der Waals surface area contributed by atoms with Gasteiger partial charge >= 0.3 is 394 Å². The molecule has 14 aromatic rings. The fourth-order valence-corrected chi connectivity index (χ4v) is 20.5. The van der Waals surface area contributed by atoms with Crippen molar-refractivity contribution in [3.8, 4) is 18.6 Å². The molecule has 296 valence electrons. The van der Waals surface area contributed by atoms with E-state index in [9.17, 15) is 0 Å². The molecule has 6 aromatic heterocycles. The van der Waals surface area contributed by atoms with Crippen molar-refractivity contribution in [2.45, 2.75) is 27.7 Å². The van der Waals surface area contributed by atoms with Gasteiger partial charge in [-0.3, -0.25) is 0 Å². The number of benzene rings is 8. The van der Waals surface area contributed by atoms with Crippen LogP contribution >= 0.6 is 22.7 Å². The average molecular weight is 1090 g/mol. The molecular weight excluding hydrogens is 1050 g/mol. The second-order valence-corrected chi connectivity index (χ2v) is 28.4. The van der Waals surface area contributed by atoms with Crippen LogP contribution in [0.25, 0.3) is 122 Å². The maximum absolute atomic E-state index is 2.46. The van der Waals surface area contributed by atoms with E-state index in [1.807, 2.05) is 22.7 Å². The summed E-state index contributed by atoms with van der Waals surface area (Å²) in [7, 11) is 0. The van der Waals surface area contributed by atoms with Crippen molar-refractivity contribution in [3.63, 3.8) is 0 Å². The van der Waals surface area contributed by atoms with E-state index in [-0.39, 0.29) is 0 Å². The fourth-order valence-electron chi connectivity index (χ4n) is 9.77. The SMILES string of the molecule is Cc1cc2c(ccc3c2ccc2c4ccc5[se]c(C)cc5c4ccc32)[se]1.Cc1csc(-c2cc3c(ccc4c3ccc3c5ccc6[se]c(-c7cc(C)cs7)cc6c5ccc43)[se]2)c1. The van der Waals surface area contributed by atoms with Crippen LogP contribution in [0.3, 0.4) is 0 Å². The number of thiophene rings is 2. The number of hydrogen-bond acceptors (Lipinski definition) is 2. The van der Waals surface area contributed by atoms with E-state index >= 15 is 0 Å². The topological polar surface area (TPSA) is 0 Å². The summed E-state index contributed by atoms with van der Waals surface area (Å²) in [5.74, 6) is 0. The first kappa shape index (κ1) is 38.2. The quantitative estimate of drug-likeness (QED) is 0.120. The Bertz CT molecular complexity index is 3890. The van der Waals surface area contributed by atoms with Crippen molar-refractivity contribution in [3.05, 3.63) is 164 Å². The monoisotopic (exact) mass is 1090 g/mol. The van der Waals surface area contributed by atoms with Crippen molar-refractivity contribution in [1.29, 1.82) is 0 Å². The standard InChI is InChI=1S/C32H20S2Se2.C24H16Se2/c1-17-11-27(33-15-17)31-13-25-23-5-3-20-19(21(23)7-9-29(25)35-31)4-6-24-22(20)8-10-30-26(24)14-32(36-30)28-12-18(2)16-34-28;1-13-11-21-19-5-3-16-15(17(19)7-9-23(21)25-13)4-6-20-18(16)8-10-24-22(20)12-14(2)26-24/h3-16H,1-2H3;3-12H,1-2H3. The molecule has 6 heteroatoms. The van der Waals surface area contributed by atoms with E-state index in [0.29, 0.717) is 58.0 Å². The summed E-state index contributed by atoms with van der Waals surface area (Å²) >= 11 is 5.54. The fraction of sp³-hybridized carbons (Fsp3) is 0.0714. The maximum atomic E-state index is 2.46. The van der Waals surface area contributed by atoms with Crippen molar-refractivity contribution < 1.29 is 0 Å². The van der Waals surface area contributed by atoms with Gasteiger partial charge in [0.15, 0.2) is 0 Å². The van der Waals surface area contributed by atoms with Gasteiger partial charge in [-0.25, -0.2) is 0 Å². The molecule has 0 spiro atoms. The van der Waals surface area contributed by atoms with Gasteiger partial charge in [-0.1, -0.05) is 0 Å². The molecular formula is C56H36S2Se4. The van der Waals surface area contributed by atoms with Crippen LogP contribution in [0.15, 0.2) is 144 Å². The van der Waals surface area contributed by atoms with Crippen LogP contribution in [0, 0.1) is 27.7 Å². The second-order valence-electron chi connectivity index (χ2n) is 16.7. The zero-order valence-electron chi connectivity index (χ0n) is 34.3. The third kappa shape index (κ3) is 6.08. The van der Waals surface area contributed by atoms with E-state index in [1.165, 1.54) is 142 Å². The summed E-state index contributed by atoms with van der Waals surface area (Å²) < 4.78 is 12.2. The molecule has 0 unspecified atom stereocenters. The molecule has 0 saturated heterocycles. The van der Waals surface area contributed by atoms with E-state index in [4.69, 9.17) is 0 Å². The van der Waals surface area contributed by atoms with Crippen LogP contribution in [0.4, 0.5) is 0 Å². The van der Waals surface area contributed by atoms with Crippen LogP contribution in [-0.2, 0) is 0 Å². The van der Waals surface area contributed by atoms with Gasteiger partial charge in [-0.2, -0.15) is 0 Å². The molecule has 6 heterocycles. The Kier molecular flexibility index (Phi) is 9.03. The molecule has 14 rings (SSSR count). The Hall–Kier alpha value is -4.24. The molecule has 0 radical (unpaired) electrons. The molecule has 0 bridgehead atoms. The summed E-state index contributed by atoms with van der Waals surface area (Å²) in [6, 6.07) is 52.2. The molecule has 0 fully saturated rings. The van der Waals surface area contributed by atoms with E-state index in [1.54, 1.807) is 0 Å². The van der Waals surface area contributed by atoms with Crippen molar-refractivity contribution >= 4 is 184 Å². The third-order valence-corrected chi connectivity index (χ3v) is 24.3. The summed E-state index contributed by atoms with van der Waals surface area (Å²) in [5, 5.41) is 26.9. The van der Waals surface area contributed by atoms with E-state index in [2.05, 4.69) is 172 Å². The number of fused-ring (bicyclic) bond motifs is 18. The van der Waals surface area contributed by atoms with Crippen LogP contribution < -0.4 is 0 Å². The average Bonchev–Trinajstić information content (AvgIpc) is 4.15. The zero-order chi connectivity index (χ0) is 41.4. The van der Waals surface area contributed by atoms with Crippen LogP contribution in [0.1, 0.15) is 20.0 Å². The van der Waals surface area contributed by atoms with E-state index < -0.39 is 0 Å². The third-order valence-electron chi connectivity index (χ3n) is 12.6. The van der Waals surface area contributed by atoms with Gasteiger partial charge in [0, 0.05) is 0 Å². The predicted molar refractivity (Wildman–Crippen MR) is 281 cm³/mol. The van der Waals surface area contributed by atoms with Crippen LogP contribution in [0.5, 0.6) is 0 Å².